The van der Waals surface area contributed by atoms with E-state index in [1.807, 2.05) is 13.0 Å². The molecule has 0 saturated carbocycles. The Kier molecular flexibility index (Phi) is 4.59. The van der Waals surface area contributed by atoms with Gasteiger partial charge in [-0.25, -0.2) is 0 Å². The monoisotopic (exact) mass is 368 g/mol. The third-order valence-electron chi connectivity index (χ3n) is 2.78. The first-order chi connectivity index (χ1) is 9.90. The van der Waals surface area contributed by atoms with E-state index in [0.29, 0.717) is 10.2 Å². The van der Waals surface area contributed by atoms with E-state index in [-0.39, 0.29) is 10.6 Å². The molecular weight excluding hydrogens is 360 g/mol. The molecular formula is C14H10BrClN2O3. The number of hydrogen-bond donors (Lipinski definition) is 1. The number of anilines is 1. The molecule has 1 amide bonds. The summed E-state index contributed by atoms with van der Waals surface area (Å²) < 4.78 is 0.686. The number of rotatable bonds is 3. The van der Waals surface area contributed by atoms with Crippen molar-refractivity contribution in [3.8, 4) is 0 Å². The van der Waals surface area contributed by atoms with Crippen molar-refractivity contribution in [1.29, 1.82) is 0 Å². The quantitative estimate of drug-likeness (QED) is 0.636. The van der Waals surface area contributed by atoms with E-state index in [1.165, 1.54) is 18.2 Å². The van der Waals surface area contributed by atoms with Gasteiger partial charge in [-0.1, -0.05) is 23.7 Å². The van der Waals surface area contributed by atoms with Crippen molar-refractivity contribution in [3.05, 3.63) is 67.1 Å². The number of nitrogens with one attached hydrogen (secondary N) is 1. The second kappa shape index (κ2) is 6.24. The summed E-state index contributed by atoms with van der Waals surface area (Å²) >= 11 is 9.12. The molecule has 0 aliphatic carbocycles. The molecule has 0 spiro atoms. The van der Waals surface area contributed by atoms with Crippen molar-refractivity contribution in [2.45, 2.75) is 6.92 Å². The standard InChI is InChI=1S/C14H10BrClN2O3/c1-8-5-6-10(15)12(7-8)17-14(19)9-3-2-4-11(16)13(9)18(20)21/h2-7H,1H3,(H,17,19). The molecule has 0 bridgehead atoms. The predicted molar refractivity (Wildman–Crippen MR) is 84.9 cm³/mol. The molecule has 21 heavy (non-hydrogen) atoms. The van der Waals surface area contributed by atoms with Crippen LogP contribution in [0, 0.1) is 17.0 Å². The number of halogens is 2. The van der Waals surface area contributed by atoms with Crippen molar-refractivity contribution in [1.82, 2.24) is 0 Å². The third-order valence-corrected chi connectivity index (χ3v) is 3.78. The van der Waals surface area contributed by atoms with Crippen LogP contribution >= 0.6 is 27.5 Å². The SMILES string of the molecule is Cc1ccc(Br)c(NC(=O)c2cccc(Cl)c2[N+](=O)[O-])c1. The topological polar surface area (TPSA) is 72.2 Å². The number of para-hydroxylation sites is 1. The predicted octanol–water partition coefficient (Wildman–Crippen LogP) is 4.57. The van der Waals surface area contributed by atoms with Crippen LogP contribution in [0.3, 0.4) is 0 Å². The normalized spacial score (nSPS) is 10.2. The molecule has 0 aliphatic rings. The first-order valence-electron chi connectivity index (χ1n) is 5.90. The van der Waals surface area contributed by atoms with E-state index in [2.05, 4.69) is 21.2 Å². The number of amides is 1. The minimum absolute atomic E-state index is 0.0732. The Bertz CT molecular complexity index is 734. The van der Waals surface area contributed by atoms with Crippen LogP contribution in [0.1, 0.15) is 15.9 Å². The van der Waals surface area contributed by atoms with Gasteiger partial charge in [-0.2, -0.15) is 0 Å². The van der Waals surface area contributed by atoms with Crippen LogP contribution in [0.25, 0.3) is 0 Å². The van der Waals surface area contributed by atoms with Crippen LogP contribution in [0.15, 0.2) is 40.9 Å². The van der Waals surface area contributed by atoms with E-state index >= 15 is 0 Å². The highest BCUT2D eigenvalue weighted by Crippen LogP contribution is 2.30. The molecule has 2 rings (SSSR count). The highest BCUT2D eigenvalue weighted by molar-refractivity contribution is 9.10. The fraction of sp³-hybridized carbons (Fsp3) is 0.0714. The molecule has 1 N–H and O–H groups in total. The van der Waals surface area contributed by atoms with Crippen LogP contribution in [-0.4, -0.2) is 10.8 Å². The lowest BCUT2D eigenvalue weighted by Crippen LogP contribution is -2.14. The second-order valence-corrected chi connectivity index (χ2v) is 5.59. The minimum Gasteiger partial charge on any atom is -0.321 e. The van der Waals surface area contributed by atoms with Crippen molar-refractivity contribution >= 4 is 44.8 Å². The Labute approximate surface area is 134 Å². The van der Waals surface area contributed by atoms with Gasteiger partial charge in [0.1, 0.15) is 10.6 Å². The molecule has 7 heteroatoms. The van der Waals surface area contributed by atoms with Crippen molar-refractivity contribution in [2.24, 2.45) is 0 Å². The summed E-state index contributed by atoms with van der Waals surface area (Å²) in [6.07, 6.45) is 0. The molecule has 0 heterocycles. The van der Waals surface area contributed by atoms with Crippen LogP contribution in [-0.2, 0) is 0 Å². The Morgan fingerprint density at radius 1 is 1.33 bits per heavy atom. The van der Waals surface area contributed by atoms with E-state index in [4.69, 9.17) is 11.6 Å². The molecule has 0 atom stereocenters. The van der Waals surface area contributed by atoms with Gasteiger partial charge in [-0.05, 0) is 52.7 Å². The summed E-state index contributed by atoms with van der Waals surface area (Å²) in [7, 11) is 0. The summed E-state index contributed by atoms with van der Waals surface area (Å²) in [6.45, 7) is 1.88. The molecule has 2 aromatic rings. The van der Waals surface area contributed by atoms with E-state index in [1.54, 1.807) is 12.1 Å². The smallest absolute Gasteiger partial charge is 0.300 e. The molecule has 0 unspecified atom stereocenters. The van der Waals surface area contributed by atoms with Crippen LogP contribution < -0.4 is 5.32 Å². The van der Waals surface area contributed by atoms with Gasteiger partial charge < -0.3 is 5.32 Å². The van der Waals surface area contributed by atoms with Crippen LogP contribution in [0.4, 0.5) is 11.4 Å². The van der Waals surface area contributed by atoms with Gasteiger partial charge in [0.15, 0.2) is 0 Å². The first-order valence-corrected chi connectivity index (χ1v) is 7.07. The Morgan fingerprint density at radius 3 is 2.71 bits per heavy atom. The zero-order valence-electron chi connectivity index (χ0n) is 10.9. The third kappa shape index (κ3) is 3.40. The lowest BCUT2D eigenvalue weighted by atomic mass is 10.1. The van der Waals surface area contributed by atoms with Gasteiger partial charge in [0.05, 0.1) is 10.6 Å². The van der Waals surface area contributed by atoms with Crippen molar-refractivity contribution in [2.75, 3.05) is 5.32 Å². The average molecular weight is 370 g/mol. The largest absolute Gasteiger partial charge is 0.321 e. The summed E-state index contributed by atoms with van der Waals surface area (Å²) in [4.78, 5) is 22.6. The van der Waals surface area contributed by atoms with Gasteiger partial charge in [0.25, 0.3) is 5.91 Å². The number of nitrogens with zero attached hydrogens (tertiary/aromatic N) is 1. The molecule has 2 aromatic carbocycles. The number of nitro groups is 1. The van der Waals surface area contributed by atoms with Crippen LogP contribution in [0.2, 0.25) is 5.02 Å². The molecule has 0 fully saturated rings. The van der Waals surface area contributed by atoms with Gasteiger partial charge in [0, 0.05) is 4.47 Å². The number of aryl methyl sites for hydroxylation is 1. The van der Waals surface area contributed by atoms with Gasteiger partial charge in [0.2, 0.25) is 0 Å². The summed E-state index contributed by atoms with van der Waals surface area (Å²) in [5, 5.41) is 13.6. The molecule has 108 valence electrons. The highest BCUT2D eigenvalue weighted by Gasteiger charge is 2.23. The second-order valence-electron chi connectivity index (χ2n) is 4.33. The Hall–Kier alpha value is -1.92. The maximum atomic E-state index is 12.3. The fourth-order valence-electron chi connectivity index (χ4n) is 1.81. The first kappa shape index (κ1) is 15.5. The molecule has 5 nitrogen and oxygen atoms in total. The fourth-order valence-corrected chi connectivity index (χ4v) is 2.40. The maximum absolute atomic E-state index is 12.3. The van der Waals surface area contributed by atoms with Crippen molar-refractivity contribution in [3.63, 3.8) is 0 Å². The Morgan fingerprint density at radius 2 is 2.05 bits per heavy atom. The lowest BCUT2D eigenvalue weighted by molar-refractivity contribution is -0.385. The van der Waals surface area contributed by atoms with E-state index < -0.39 is 16.5 Å². The molecule has 0 radical (unpaired) electrons. The average Bonchev–Trinajstić information content (AvgIpc) is 2.42. The number of carbonyl (C=O) groups excluding carboxylic acids is 1. The molecule has 0 aliphatic heterocycles. The highest BCUT2D eigenvalue weighted by atomic mass is 79.9. The maximum Gasteiger partial charge on any atom is 0.300 e. The van der Waals surface area contributed by atoms with Gasteiger partial charge in [-0.15, -0.1) is 0 Å². The number of nitro benzene ring substituents is 1. The summed E-state index contributed by atoms with van der Waals surface area (Å²) in [5.74, 6) is -0.587. The number of carbonyl (C=O) groups is 1. The zero-order valence-corrected chi connectivity index (χ0v) is 13.2. The molecule has 0 aromatic heterocycles. The minimum atomic E-state index is -0.664. The van der Waals surface area contributed by atoms with E-state index in [9.17, 15) is 14.9 Å². The number of benzene rings is 2. The number of hydrogen-bond acceptors (Lipinski definition) is 3. The zero-order chi connectivity index (χ0) is 15.6. The summed E-state index contributed by atoms with van der Waals surface area (Å²) in [5.41, 5.74) is 1.00. The lowest BCUT2D eigenvalue weighted by Gasteiger charge is -2.09. The van der Waals surface area contributed by atoms with Gasteiger partial charge in [-0.3, -0.25) is 14.9 Å². The Balaban J connectivity index is 2.40. The summed E-state index contributed by atoms with van der Waals surface area (Å²) in [6, 6.07) is 9.66. The molecule has 0 saturated heterocycles. The van der Waals surface area contributed by atoms with Crippen molar-refractivity contribution < 1.29 is 9.72 Å². The van der Waals surface area contributed by atoms with Crippen LogP contribution in [0.5, 0.6) is 0 Å². The van der Waals surface area contributed by atoms with Gasteiger partial charge >= 0.3 is 5.69 Å². The van der Waals surface area contributed by atoms with E-state index in [0.717, 1.165) is 5.56 Å².